The third-order valence-corrected chi connectivity index (χ3v) is 6.37. The Labute approximate surface area is 156 Å². The van der Waals surface area contributed by atoms with Crippen molar-refractivity contribution in [2.75, 3.05) is 0 Å². The van der Waals surface area contributed by atoms with Gasteiger partial charge in [0.2, 0.25) is 9.84 Å². The molecule has 0 heterocycles. The van der Waals surface area contributed by atoms with Crippen LogP contribution in [0.25, 0.3) is 0 Å². The van der Waals surface area contributed by atoms with Crippen LogP contribution in [-0.2, 0) is 15.3 Å². The minimum absolute atomic E-state index is 0.122. The fraction of sp³-hybridized carbons (Fsp3) is 0.278. The maximum absolute atomic E-state index is 13.3. The maximum atomic E-state index is 13.3. The first-order valence-corrected chi connectivity index (χ1v) is 9.45. The number of rotatable bonds is 3. The van der Waals surface area contributed by atoms with E-state index in [2.05, 4.69) is 0 Å². The van der Waals surface area contributed by atoms with Gasteiger partial charge in [-0.25, -0.2) is 17.6 Å². The summed E-state index contributed by atoms with van der Waals surface area (Å²) in [6.07, 6.45) is 0. The Kier molecular flexibility index (Phi) is 5.09. The minimum atomic E-state index is -4.25. The number of sulfone groups is 1. The number of carboxylic acid groups (broad SMARTS) is 1. The van der Waals surface area contributed by atoms with Crippen molar-refractivity contribution in [1.29, 1.82) is 0 Å². The predicted octanol–water partition coefficient (Wildman–Crippen LogP) is 4.32. The number of hydrogen-bond donors (Lipinski definition) is 2. The quantitative estimate of drug-likeness (QED) is 0.748. The molecule has 8 heteroatoms. The van der Waals surface area contributed by atoms with Gasteiger partial charge in [0.25, 0.3) is 0 Å². The number of carboxylic acids is 1. The minimum Gasteiger partial charge on any atom is -0.507 e. The highest BCUT2D eigenvalue weighted by Crippen LogP contribution is 2.40. The molecule has 0 fully saturated rings. The van der Waals surface area contributed by atoms with Crippen LogP contribution in [0.15, 0.2) is 34.1 Å². The van der Waals surface area contributed by atoms with Crippen LogP contribution in [0.3, 0.4) is 0 Å². The molecule has 0 spiro atoms. The average Bonchev–Trinajstić information content (AvgIpc) is 2.44. The summed E-state index contributed by atoms with van der Waals surface area (Å²) in [6, 6.07) is 4.09. The second-order valence-electron chi connectivity index (χ2n) is 6.90. The van der Waals surface area contributed by atoms with Crippen LogP contribution in [0, 0.1) is 12.7 Å². The van der Waals surface area contributed by atoms with E-state index in [0.29, 0.717) is 0 Å². The van der Waals surface area contributed by atoms with Gasteiger partial charge < -0.3 is 10.2 Å². The first-order valence-electron chi connectivity index (χ1n) is 7.59. The van der Waals surface area contributed by atoms with Gasteiger partial charge in [0, 0.05) is 5.56 Å². The number of aromatic hydroxyl groups is 1. The normalized spacial score (nSPS) is 12.2. The molecule has 0 aliphatic carbocycles. The van der Waals surface area contributed by atoms with Crippen molar-refractivity contribution < 1.29 is 27.8 Å². The molecule has 140 valence electrons. The number of aromatic carboxylic acids is 1. The van der Waals surface area contributed by atoms with E-state index >= 15 is 0 Å². The Morgan fingerprint density at radius 2 is 1.73 bits per heavy atom. The Morgan fingerprint density at radius 3 is 2.19 bits per heavy atom. The zero-order valence-corrected chi connectivity index (χ0v) is 16.2. The summed E-state index contributed by atoms with van der Waals surface area (Å²) >= 11 is 5.89. The lowest BCUT2D eigenvalue weighted by Crippen LogP contribution is -2.17. The Morgan fingerprint density at radius 1 is 1.15 bits per heavy atom. The van der Waals surface area contributed by atoms with Crippen LogP contribution in [0.5, 0.6) is 5.75 Å². The predicted molar refractivity (Wildman–Crippen MR) is 95.4 cm³/mol. The number of hydrogen-bond acceptors (Lipinski definition) is 4. The van der Waals surface area contributed by atoms with Crippen molar-refractivity contribution in [2.45, 2.75) is 42.9 Å². The van der Waals surface area contributed by atoms with E-state index in [1.165, 1.54) is 13.0 Å². The lowest BCUT2D eigenvalue weighted by Gasteiger charge is -2.24. The molecule has 0 radical (unpaired) electrons. The Balaban J connectivity index is 2.93. The van der Waals surface area contributed by atoms with Gasteiger partial charge in [-0.1, -0.05) is 32.4 Å². The summed E-state index contributed by atoms with van der Waals surface area (Å²) < 4.78 is 39.4. The van der Waals surface area contributed by atoms with E-state index < -0.39 is 38.4 Å². The zero-order valence-electron chi connectivity index (χ0n) is 14.6. The molecule has 26 heavy (non-hydrogen) atoms. The SMILES string of the molecule is Cc1c(S(=O)(=O)c2ccc(F)cc2Cl)cc(C(C)(C)C)c(O)c1C(=O)O. The van der Waals surface area contributed by atoms with Crippen molar-refractivity contribution in [2.24, 2.45) is 0 Å². The molecule has 0 atom stereocenters. The van der Waals surface area contributed by atoms with Crippen molar-refractivity contribution in [3.63, 3.8) is 0 Å². The standard InChI is InChI=1S/C18H18ClFO5S/c1-9-14(26(24,25)13-6-5-10(20)7-12(13)19)8-11(18(2,3)4)16(21)15(9)17(22)23/h5-8,21H,1-4H3,(H,22,23). The number of halogens is 2. The molecule has 2 N–H and O–H groups in total. The topological polar surface area (TPSA) is 91.7 Å². The van der Waals surface area contributed by atoms with Gasteiger partial charge in [0.05, 0.1) is 14.8 Å². The maximum Gasteiger partial charge on any atom is 0.339 e. The van der Waals surface area contributed by atoms with E-state index in [4.69, 9.17) is 11.6 Å². The molecule has 0 aromatic heterocycles. The Bertz CT molecular complexity index is 1010. The summed E-state index contributed by atoms with van der Waals surface area (Å²) in [5.74, 6) is -2.63. The van der Waals surface area contributed by atoms with Crippen LogP contribution >= 0.6 is 11.6 Å². The van der Waals surface area contributed by atoms with Crippen LogP contribution in [0.4, 0.5) is 4.39 Å². The lowest BCUT2D eigenvalue weighted by molar-refractivity contribution is 0.0692. The fourth-order valence-corrected chi connectivity index (χ4v) is 4.72. The highest BCUT2D eigenvalue weighted by molar-refractivity contribution is 7.91. The first kappa shape index (κ1) is 20.2. The smallest absolute Gasteiger partial charge is 0.339 e. The van der Waals surface area contributed by atoms with Crippen molar-refractivity contribution in [3.05, 3.63) is 51.8 Å². The van der Waals surface area contributed by atoms with Gasteiger partial charge in [-0.15, -0.1) is 0 Å². The van der Waals surface area contributed by atoms with Crippen LogP contribution in [0.1, 0.15) is 42.3 Å². The van der Waals surface area contributed by atoms with Gasteiger partial charge in [-0.05, 0) is 42.2 Å². The molecule has 0 saturated carbocycles. The van der Waals surface area contributed by atoms with Crippen molar-refractivity contribution >= 4 is 27.4 Å². The molecular formula is C18H18ClFO5S. The molecule has 0 saturated heterocycles. The molecule has 2 aromatic rings. The molecule has 0 unspecified atom stereocenters. The van der Waals surface area contributed by atoms with Crippen LogP contribution < -0.4 is 0 Å². The van der Waals surface area contributed by atoms with E-state index in [1.807, 2.05) is 0 Å². The summed E-state index contributed by atoms with van der Waals surface area (Å²) in [5.41, 5.74) is -1.17. The van der Waals surface area contributed by atoms with Gasteiger partial charge in [0.1, 0.15) is 17.1 Å². The lowest BCUT2D eigenvalue weighted by atomic mass is 9.84. The van der Waals surface area contributed by atoms with E-state index in [1.54, 1.807) is 20.8 Å². The fourth-order valence-electron chi connectivity index (χ4n) is 2.67. The summed E-state index contributed by atoms with van der Waals surface area (Å²) in [7, 11) is -4.25. The van der Waals surface area contributed by atoms with Crippen LogP contribution in [0.2, 0.25) is 5.02 Å². The molecule has 0 amide bonds. The van der Waals surface area contributed by atoms with Gasteiger partial charge >= 0.3 is 5.97 Å². The molecule has 0 aliphatic rings. The van der Waals surface area contributed by atoms with Crippen LogP contribution in [-0.4, -0.2) is 24.6 Å². The highest BCUT2D eigenvalue weighted by atomic mass is 35.5. The molecule has 5 nitrogen and oxygen atoms in total. The molecular weight excluding hydrogens is 383 g/mol. The molecule has 0 aliphatic heterocycles. The Hall–Kier alpha value is -2.12. The van der Waals surface area contributed by atoms with Gasteiger partial charge in [-0.2, -0.15) is 0 Å². The monoisotopic (exact) mass is 400 g/mol. The molecule has 2 aromatic carbocycles. The van der Waals surface area contributed by atoms with Gasteiger partial charge in [0.15, 0.2) is 0 Å². The van der Waals surface area contributed by atoms with Crippen molar-refractivity contribution in [3.8, 4) is 5.75 Å². The first-order chi connectivity index (χ1) is 11.8. The third kappa shape index (κ3) is 3.41. The zero-order chi connectivity index (χ0) is 20.0. The summed E-state index contributed by atoms with van der Waals surface area (Å²) in [4.78, 5) is 11.0. The van der Waals surface area contributed by atoms with Gasteiger partial charge in [-0.3, -0.25) is 0 Å². The summed E-state index contributed by atoms with van der Waals surface area (Å²) in [6.45, 7) is 6.43. The number of carbonyl (C=O) groups is 1. The van der Waals surface area contributed by atoms with E-state index in [0.717, 1.165) is 18.2 Å². The average molecular weight is 401 g/mol. The van der Waals surface area contributed by atoms with Crippen molar-refractivity contribution in [1.82, 2.24) is 0 Å². The second kappa shape index (κ2) is 6.55. The van der Waals surface area contributed by atoms with E-state index in [-0.39, 0.29) is 25.9 Å². The third-order valence-electron chi connectivity index (χ3n) is 4.01. The summed E-state index contributed by atoms with van der Waals surface area (Å²) in [5, 5.41) is 19.5. The number of benzene rings is 2. The molecule has 2 rings (SSSR count). The largest absolute Gasteiger partial charge is 0.507 e. The number of phenols is 1. The second-order valence-corrected chi connectivity index (χ2v) is 9.20. The van der Waals surface area contributed by atoms with E-state index in [9.17, 15) is 27.8 Å². The highest BCUT2D eigenvalue weighted by Gasteiger charge is 2.32. The molecule has 0 bridgehead atoms.